The second-order valence-corrected chi connectivity index (χ2v) is 4.40. The Hall–Kier alpha value is -1.48. The minimum Gasteiger partial charge on any atom is -0.336 e. The number of carbonyl (C=O) groups is 1. The van der Waals surface area contributed by atoms with Gasteiger partial charge in [0.15, 0.2) is 0 Å². The van der Waals surface area contributed by atoms with Gasteiger partial charge in [0.05, 0.1) is 31.2 Å². The van der Waals surface area contributed by atoms with Crippen LogP contribution in [0.3, 0.4) is 0 Å². The number of aryl methyl sites for hydroxylation is 1. The first-order chi connectivity index (χ1) is 9.17. The first kappa shape index (κ1) is 15.6. The van der Waals surface area contributed by atoms with Crippen LogP contribution in [0.1, 0.15) is 12.1 Å². The zero-order valence-electron chi connectivity index (χ0n) is 10.6. The predicted octanol–water partition coefficient (Wildman–Crippen LogP) is 1.25. The molecule has 0 unspecified atom stereocenters. The van der Waals surface area contributed by atoms with Crippen LogP contribution in [0.15, 0.2) is 39.3 Å². The highest BCUT2D eigenvalue weighted by Crippen LogP contribution is 2.06. The summed E-state index contributed by atoms with van der Waals surface area (Å²) in [5, 5.41) is 0. The van der Waals surface area contributed by atoms with Gasteiger partial charge in [-0.2, -0.15) is 0 Å². The molecule has 19 heavy (non-hydrogen) atoms. The number of nitrogens with one attached hydrogen (secondary N) is 1. The Morgan fingerprint density at radius 1 is 1.68 bits per heavy atom. The molecule has 0 spiro atoms. The summed E-state index contributed by atoms with van der Waals surface area (Å²) in [6.45, 7) is 0.577. The lowest BCUT2D eigenvalue weighted by Gasteiger charge is -1.98. The molecule has 0 fully saturated rings. The Kier molecular flexibility index (Phi) is 7.04. The van der Waals surface area contributed by atoms with E-state index < -0.39 is 0 Å². The van der Waals surface area contributed by atoms with E-state index in [9.17, 15) is 4.79 Å². The van der Waals surface area contributed by atoms with Gasteiger partial charge in [0.2, 0.25) is 5.91 Å². The largest absolute Gasteiger partial charge is 0.336 e. The second-order valence-electron chi connectivity index (χ2n) is 3.77. The van der Waals surface area contributed by atoms with Crippen molar-refractivity contribution < 1.29 is 4.79 Å². The maximum atomic E-state index is 11.1. The van der Waals surface area contributed by atoms with Crippen molar-refractivity contribution in [1.29, 1.82) is 0 Å². The molecule has 0 saturated heterocycles. The summed E-state index contributed by atoms with van der Waals surface area (Å²) in [7, 11) is 1.93. The molecule has 0 aliphatic heterocycles. The van der Waals surface area contributed by atoms with E-state index >= 15 is 0 Å². The van der Waals surface area contributed by atoms with Crippen molar-refractivity contribution in [3.05, 3.63) is 40.0 Å². The third kappa shape index (κ3) is 5.79. The summed E-state index contributed by atoms with van der Waals surface area (Å²) in [4.78, 5) is 19.4. The van der Waals surface area contributed by atoms with Crippen molar-refractivity contribution in [3.63, 3.8) is 0 Å². The van der Waals surface area contributed by atoms with Gasteiger partial charge in [0, 0.05) is 13.3 Å². The van der Waals surface area contributed by atoms with Gasteiger partial charge in [0.25, 0.3) is 0 Å². The van der Waals surface area contributed by atoms with Gasteiger partial charge in [-0.05, 0) is 15.7 Å². The molecule has 0 bridgehead atoms. The summed E-state index contributed by atoms with van der Waals surface area (Å²) in [6, 6.07) is 0. The Morgan fingerprint density at radius 3 is 3.05 bits per heavy atom. The van der Waals surface area contributed by atoms with Gasteiger partial charge in [-0.3, -0.25) is 15.2 Å². The number of imidazole rings is 1. The smallest absolute Gasteiger partial charge is 0.238 e. The quantitative estimate of drug-likeness (QED) is 0.197. The highest BCUT2D eigenvalue weighted by Gasteiger charge is 1.99. The Balaban J connectivity index is 2.44. The second kappa shape index (κ2) is 8.59. The lowest BCUT2D eigenvalue weighted by Crippen LogP contribution is -2.29. The zero-order valence-corrected chi connectivity index (χ0v) is 12.7. The molecule has 0 saturated carbocycles. The molecule has 1 aromatic heterocycles. The van der Waals surface area contributed by atoms with Crippen molar-refractivity contribution in [2.45, 2.75) is 13.0 Å². The van der Waals surface area contributed by atoms with E-state index in [-0.39, 0.29) is 12.3 Å². The summed E-state index contributed by atoms with van der Waals surface area (Å²) in [6.07, 6.45) is 9.10. The van der Waals surface area contributed by atoms with E-state index in [1.165, 1.54) is 0 Å². The Labute approximate surface area is 125 Å². The third-order valence-corrected chi connectivity index (χ3v) is 3.14. The van der Waals surface area contributed by atoms with Gasteiger partial charge in [-0.15, -0.1) is 0 Å². The van der Waals surface area contributed by atoms with Crippen molar-refractivity contribution in [2.75, 3.05) is 0 Å². The maximum Gasteiger partial charge on any atom is 0.238 e. The SMILES string of the molecule is Cn1cncc1CN=C/C=C\C(=C/I)CC(=O)NN. The van der Waals surface area contributed by atoms with Crippen LogP contribution in [-0.4, -0.2) is 21.7 Å². The molecule has 6 nitrogen and oxygen atoms in total. The molecule has 0 radical (unpaired) electrons. The van der Waals surface area contributed by atoms with Gasteiger partial charge in [-0.1, -0.05) is 28.7 Å². The van der Waals surface area contributed by atoms with Gasteiger partial charge >= 0.3 is 0 Å². The highest BCUT2D eigenvalue weighted by molar-refractivity contribution is 14.1. The predicted molar refractivity (Wildman–Crippen MR) is 83.6 cm³/mol. The van der Waals surface area contributed by atoms with Crippen molar-refractivity contribution in [1.82, 2.24) is 15.0 Å². The molecule has 0 aliphatic carbocycles. The monoisotopic (exact) mass is 373 g/mol. The van der Waals surface area contributed by atoms with Crippen LogP contribution in [0.2, 0.25) is 0 Å². The number of allylic oxidation sites excluding steroid dienone is 2. The topological polar surface area (TPSA) is 85.3 Å². The van der Waals surface area contributed by atoms with Crippen LogP contribution in [0, 0.1) is 0 Å². The summed E-state index contributed by atoms with van der Waals surface area (Å²) < 4.78 is 3.75. The van der Waals surface area contributed by atoms with Crippen LogP contribution >= 0.6 is 22.6 Å². The van der Waals surface area contributed by atoms with Crippen LogP contribution < -0.4 is 11.3 Å². The summed E-state index contributed by atoms with van der Waals surface area (Å²) in [5.74, 6) is 4.81. The number of amides is 1. The fourth-order valence-corrected chi connectivity index (χ4v) is 1.71. The number of carbonyl (C=O) groups excluding carboxylic acids is 1. The van der Waals surface area contributed by atoms with Crippen LogP contribution in [-0.2, 0) is 18.4 Å². The summed E-state index contributed by atoms with van der Waals surface area (Å²) >= 11 is 2.08. The van der Waals surface area contributed by atoms with E-state index in [2.05, 4.69) is 38.0 Å². The molecular weight excluding hydrogens is 357 g/mol. The van der Waals surface area contributed by atoms with Gasteiger partial charge in [-0.25, -0.2) is 10.8 Å². The van der Waals surface area contributed by atoms with Crippen molar-refractivity contribution >= 4 is 34.7 Å². The minimum atomic E-state index is -0.223. The van der Waals surface area contributed by atoms with Crippen LogP contribution in [0.4, 0.5) is 0 Å². The van der Waals surface area contributed by atoms with Crippen molar-refractivity contribution in [3.8, 4) is 0 Å². The average Bonchev–Trinajstić information content (AvgIpc) is 2.82. The van der Waals surface area contributed by atoms with Crippen LogP contribution in [0.5, 0.6) is 0 Å². The van der Waals surface area contributed by atoms with E-state index in [1.54, 1.807) is 24.8 Å². The van der Waals surface area contributed by atoms with E-state index in [0.29, 0.717) is 6.54 Å². The Morgan fingerprint density at radius 2 is 2.47 bits per heavy atom. The maximum absolute atomic E-state index is 11.1. The molecule has 7 heteroatoms. The number of hydrogen-bond acceptors (Lipinski definition) is 4. The molecule has 102 valence electrons. The van der Waals surface area contributed by atoms with E-state index in [0.717, 1.165) is 11.3 Å². The van der Waals surface area contributed by atoms with E-state index in [4.69, 9.17) is 5.84 Å². The zero-order chi connectivity index (χ0) is 14.1. The first-order valence-corrected chi connectivity index (χ1v) is 6.82. The molecule has 3 N–H and O–H groups in total. The molecular formula is C12H16IN5O. The number of aromatic nitrogens is 2. The van der Waals surface area contributed by atoms with Gasteiger partial charge in [0.1, 0.15) is 0 Å². The minimum absolute atomic E-state index is 0.223. The Bertz CT molecular complexity index is 504. The fraction of sp³-hybridized carbons (Fsp3) is 0.250. The first-order valence-electron chi connectivity index (χ1n) is 5.57. The number of nitrogens with two attached hydrogens (primary N) is 1. The standard InChI is InChI=1S/C12H16IN5O/c1-18-9-16-8-11(18)7-15-4-2-3-10(6-13)5-12(19)17-14/h2-4,6,8-9H,5,7,14H2,1H3,(H,17,19)/b3-2-,10-6+,15-4?. The van der Waals surface area contributed by atoms with Crippen molar-refractivity contribution in [2.24, 2.45) is 17.9 Å². The number of rotatable bonds is 6. The lowest BCUT2D eigenvalue weighted by atomic mass is 10.2. The molecule has 0 aliphatic rings. The molecule has 1 aromatic rings. The number of hydrogen-bond donors (Lipinski definition) is 2. The normalized spacial score (nSPS) is 12.5. The number of aliphatic imine (C=N–C) groups is 1. The third-order valence-electron chi connectivity index (χ3n) is 2.34. The fourth-order valence-electron chi connectivity index (χ4n) is 1.28. The molecule has 0 aromatic carbocycles. The average molecular weight is 373 g/mol. The lowest BCUT2D eigenvalue weighted by molar-refractivity contribution is -0.120. The number of halogens is 1. The summed E-state index contributed by atoms with van der Waals surface area (Å²) in [5.41, 5.74) is 4.01. The molecule has 1 amide bonds. The van der Waals surface area contributed by atoms with E-state index in [1.807, 2.05) is 21.8 Å². The molecule has 1 rings (SSSR count). The number of nitrogens with zero attached hydrogens (tertiary/aromatic N) is 3. The van der Waals surface area contributed by atoms with Gasteiger partial charge < -0.3 is 4.57 Å². The highest BCUT2D eigenvalue weighted by atomic mass is 127. The molecule has 1 heterocycles. The number of hydrazine groups is 1. The van der Waals surface area contributed by atoms with Crippen LogP contribution in [0.25, 0.3) is 0 Å². The molecule has 0 atom stereocenters.